The summed E-state index contributed by atoms with van der Waals surface area (Å²) >= 11 is 1.35. The van der Waals surface area contributed by atoms with Gasteiger partial charge in [-0.1, -0.05) is 13.3 Å². The van der Waals surface area contributed by atoms with Gasteiger partial charge in [0.15, 0.2) is 0 Å². The van der Waals surface area contributed by atoms with Crippen LogP contribution < -0.4 is 10.5 Å². The van der Waals surface area contributed by atoms with Crippen LogP contribution in [0.25, 0.3) is 0 Å². The van der Waals surface area contributed by atoms with E-state index in [4.69, 9.17) is 10.5 Å². The molecule has 0 aromatic carbocycles. The van der Waals surface area contributed by atoms with Gasteiger partial charge in [0.25, 0.3) is 0 Å². The second kappa shape index (κ2) is 7.85. The molecule has 0 fully saturated rings. The number of hydrogen-bond donors (Lipinski definition) is 2. The van der Waals surface area contributed by atoms with Crippen LogP contribution in [0.1, 0.15) is 24.6 Å². The Morgan fingerprint density at radius 1 is 1.44 bits per heavy atom. The molecule has 0 amide bonds. The van der Waals surface area contributed by atoms with Gasteiger partial charge in [-0.3, -0.25) is 0 Å². The van der Waals surface area contributed by atoms with Gasteiger partial charge in [0, 0.05) is 24.6 Å². The minimum absolute atomic E-state index is 0.237. The molecule has 1 aromatic heterocycles. The van der Waals surface area contributed by atoms with E-state index in [-0.39, 0.29) is 18.0 Å². The van der Waals surface area contributed by atoms with E-state index in [1.165, 1.54) is 11.3 Å². The highest BCUT2D eigenvalue weighted by Gasteiger charge is 2.18. The zero-order chi connectivity index (χ0) is 13.4. The average molecular weight is 292 g/mol. The van der Waals surface area contributed by atoms with Gasteiger partial charge >= 0.3 is 0 Å². The van der Waals surface area contributed by atoms with Gasteiger partial charge in [-0.25, -0.2) is 13.1 Å². The fraction of sp³-hybridized carbons (Fsp3) is 0.636. The summed E-state index contributed by atoms with van der Waals surface area (Å²) in [7, 11) is -3.45. The van der Waals surface area contributed by atoms with E-state index in [9.17, 15) is 8.42 Å². The van der Waals surface area contributed by atoms with Crippen LogP contribution in [-0.2, 0) is 21.3 Å². The van der Waals surface area contributed by atoms with Crippen molar-refractivity contribution in [2.45, 2.75) is 31.2 Å². The van der Waals surface area contributed by atoms with Crippen LogP contribution in [0, 0.1) is 0 Å². The molecule has 0 bridgehead atoms. The van der Waals surface area contributed by atoms with Crippen LogP contribution in [0.4, 0.5) is 0 Å². The molecule has 104 valence electrons. The quantitative estimate of drug-likeness (QED) is 0.672. The van der Waals surface area contributed by atoms with Gasteiger partial charge in [0.1, 0.15) is 0 Å². The van der Waals surface area contributed by atoms with Crippen molar-refractivity contribution < 1.29 is 13.2 Å². The first-order chi connectivity index (χ1) is 8.61. The van der Waals surface area contributed by atoms with Crippen molar-refractivity contribution in [1.29, 1.82) is 0 Å². The summed E-state index contributed by atoms with van der Waals surface area (Å²) in [6, 6.07) is 1.58. The molecule has 0 spiro atoms. The zero-order valence-corrected chi connectivity index (χ0v) is 12.1. The van der Waals surface area contributed by atoms with Crippen molar-refractivity contribution >= 4 is 21.4 Å². The number of thiophene rings is 1. The largest absolute Gasteiger partial charge is 0.380 e. The molecule has 0 aliphatic carbocycles. The maximum Gasteiger partial charge on any atom is 0.241 e. The van der Waals surface area contributed by atoms with Gasteiger partial charge in [-0.05, 0) is 17.9 Å². The van der Waals surface area contributed by atoms with E-state index in [0.717, 1.165) is 12.8 Å². The Bertz CT molecular complexity index is 443. The smallest absolute Gasteiger partial charge is 0.241 e. The zero-order valence-electron chi connectivity index (χ0n) is 10.5. The molecule has 0 aliphatic heterocycles. The molecule has 0 radical (unpaired) electrons. The van der Waals surface area contributed by atoms with Crippen LogP contribution in [0.15, 0.2) is 16.3 Å². The monoisotopic (exact) mass is 292 g/mol. The van der Waals surface area contributed by atoms with E-state index in [2.05, 4.69) is 11.6 Å². The molecule has 7 heteroatoms. The molecule has 0 unspecified atom stereocenters. The topological polar surface area (TPSA) is 81.4 Å². The summed E-state index contributed by atoms with van der Waals surface area (Å²) in [6.07, 6.45) is 2.06. The lowest BCUT2D eigenvalue weighted by molar-refractivity contribution is 0.136. The van der Waals surface area contributed by atoms with Crippen molar-refractivity contribution in [1.82, 2.24) is 4.72 Å². The molecule has 18 heavy (non-hydrogen) atoms. The predicted octanol–water partition coefficient (Wildman–Crippen LogP) is 1.30. The van der Waals surface area contributed by atoms with E-state index in [1.54, 1.807) is 11.4 Å². The molecule has 0 saturated carbocycles. The van der Waals surface area contributed by atoms with Crippen LogP contribution >= 0.6 is 11.3 Å². The van der Waals surface area contributed by atoms with Crippen LogP contribution in [0.2, 0.25) is 0 Å². The first kappa shape index (κ1) is 15.6. The molecule has 3 N–H and O–H groups in total. The van der Waals surface area contributed by atoms with Crippen molar-refractivity contribution in [2.24, 2.45) is 5.73 Å². The van der Waals surface area contributed by atoms with Crippen LogP contribution in [0.3, 0.4) is 0 Å². The fourth-order valence-electron chi connectivity index (χ4n) is 1.39. The molecule has 1 rings (SSSR count). The highest BCUT2D eigenvalue weighted by atomic mass is 32.2. The van der Waals surface area contributed by atoms with Crippen LogP contribution in [0.5, 0.6) is 0 Å². The Labute approximate surface area is 112 Å². The standard InChI is InChI=1S/C11H20N2O3S2/c1-2-3-6-16-7-5-13-18(14,15)11-4-8-17-10(11)9-12/h4,8,13H,2-3,5-7,9,12H2,1H3. The normalized spacial score (nSPS) is 11.9. The molecular weight excluding hydrogens is 272 g/mol. The second-order valence-corrected chi connectivity index (χ2v) is 6.51. The summed E-state index contributed by atoms with van der Waals surface area (Å²) in [4.78, 5) is 0.956. The maximum atomic E-state index is 11.9. The van der Waals surface area contributed by atoms with Gasteiger partial charge in [0.05, 0.1) is 11.5 Å². The van der Waals surface area contributed by atoms with Gasteiger partial charge < -0.3 is 10.5 Å². The number of unbranched alkanes of at least 4 members (excludes halogenated alkanes) is 1. The molecule has 0 aliphatic rings. The van der Waals surface area contributed by atoms with E-state index in [1.807, 2.05) is 0 Å². The number of sulfonamides is 1. The molecule has 1 heterocycles. The highest BCUT2D eigenvalue weighted by Crippen LogP contribution is 2.20. The average Bonchev–Trinajstić information content (AvgIpc) is 2.82. The Morgan fingerprint density at radius 3 is 2.89 bits per heavy atom. The van der Waals surface area contributed by atoms with Crippen molar-refractivity contribution in [3.8, 4) is 0 Å². The third-order valence-corrected chi connectivity index (χ3v) is 4.98. The second-order valence-electron chi connectivity index (χ2n) is 3.78. The van der Waals surface area contributed by atoms with E-state index in [0.29, 0.717) is 18.1 Å². The van der Waals surface area contributed by atoms with E-state index >= 15 is 0 Å². The number of rotatable bonds is 9. The molecule has 1 aromatic rings. The number of ether oxygens (including phenoxy) is 1. The number of nitrogens with two attached hydrogens (primary N) is 1. The molecular formula is C11H20N2O3S2. The highest BCUT2D eigenvalue weighted by molar-refractivity contribution is 7.89. The minimum atomic E-state index is -3.45. The number of nitrogens with one attached hydrogen (secondary N) is 1. The third kappa shape index (κ3) is 4.66. The van der Waals surface area contributed by atoms with Crippen molar-refractivity contribution in [3.63, 3.8) is 0 Å². The lowest BCUT2D eigenvalue weighted by atomic mass is 10.4. The maximum absolute atomic E-state index is 11.9. The Hall–Kier alpha value is -0.470. The first-order valence-electron chi connectivity index (χ1n) is 5.95. The number of hydrogen-bond acceptors (Lipinski definition) is 5. The summed E-state index contributed by atoms with van der Waals surface area (Å²) in [5.41, 5.74) is 5.49. The Kier molecular flexibility index (Phi) is 6.80. The predicted molar refractivity (Wildman–Crippen MR) is 73.1 cm³/mol. The van der Waals surface area contributed by atoms with Gasteiger partial charge in [0.2, 0.25) is 10.0 Å². The summed E-state index contributed by atoms with van der Waals surface area (Å²) < 4.78 is 31.7. The Morgan fingerprint density at radius 2 is 2.22 bits per heavy atom. The van der Waals surface area contributed by atoms with Crippen molar-refractivity contribution in [3.05, 3.63) is 16.3 Å². The Balaban J connectivity index is 2.41. The van der Waals surface area contributed by atoms with Gasteiger partial charge in [-0.15, -0.1) is 11.3 Å². The third-order valence-electron chi connectivity index (χ3n) is 2.36. The van der Waals surface area contributed by atoms with Crippen molar-refractivity contribution in [2.75, 3.05) is 19.8 Å². The van der Waals surface area contributed by atoms with Crippen LogP contribution in [-0.4, -0.2) is 28.2 Å². The van der Waals surface area contributed by atoms with Gasteiger partial charge in [-0.2, -0.15) is 0 Å². The molecule has 0 saturated heterocycles. The minimum Gasteiger partial charge on any atom is -0.380 e. The lowest BCUT2D eigenvalue weighted by Crippen LogP contribution is -2.28. The summed E-state index contributed by atoms with van der Waals surface area (Å²) in [6.45, 7) is 3.66. The fourth-order valence-corrected chi connectivity index (χ4v) is 3.74. The SMILES string of the molecule is CCCCOCCNS(=O)(=O)c1ccsc1CN. The molecule has 5 nitrogen and oxygen atoms in total. The summed E-state index contributed by atoms with van der Waals surface area (Å²) in [5.74, 6) is 0. The molecule has 0 atom stereocenters. The first-order valence-corrected chi connectivity index (χ1v) is 8.32. The summed E-state index contributed by atoms with van der Waals surface area (Å²) in [5, 5.41) is 1.73. The van der Waals surface area contributed by atoms with E-state index < -0.39 is 10.0 Å². The lowest BCUT2D eigenvalue weighted by Gasteiger charge is -2.07.